The summed E-state index contributed by atoms with van der Waals surface area (Å²) in [6.07, 6.45) is 3.87. The van der Waals surface area contributed by atoms with Gasteiger partial charge in [-0.3, -0.25) is 0 Å². The molecule has 2 aromatic carbocycles. The smallest absolute Gasteiger partial charge is 0.208 e. The van der Waals surface area contributed by atoms with Crippen molar-refractivity contribution >= 4 is 0 Å². The molecule has 0 aliphatic carbocycles. The molecule has 103 heavy (non-hydrogen) atoms. The van der Waals surface area contributed by atoms with Crippen molar-refractivity contribution in [3.05, 3.63) is 54.5 Å². The molecular formula is C71H124N2O30. The van der Waals surface area contributed by atoms with Gasteiger partial charge in [0.1, 0.15) is 39.6 Å². The van der Waals surface area contributed by atoms with Crippen molar-refractivity contribution in [2.45, 2.75) is 13.1 Å². The lowest BCUT2D eigenvalue weighted by Gasteiger charge is -2.23. The fraction of sp³-hybridized carbons (Fsp3) is 0.789. The molecule has 1 aliphatic heterocycles. The topological polar surface area (TPSA) is 283 Å². The van der Waals surface area contributed by atoms with Crippen LogP contribution >= 0.6 is 0 Å². The maximum Gasteiger partial charge on any atom is 0.208 e. The Kier molecular flexibility index (Phi) is 64.8. The van der Waals surface area contributed by atoms with Crippen molar-refractivity contribution in [1.82, 2.24) is 9.80 Å². The molecule has 1 heterocycles. The summed E-state index contributed by atoms with van der Waals surface area (Å²) in [6.45, 7) is 22.9. The van der Waals surface area contributed by atoms with Gasteiger partial charge in [0.2, 0.25) is 18.2 Å². The van der Waals surface area contributed by atoms with E-state index in [2.05, 4.69) is 6.67 Å². The second kappa shape index (κ2) is 71.9. The van der Waals surface area contributed by atoms with E-state index < -0.39 is 0 Å². The lowest BCUT2D eigenvalue weighted by Crippen LogP contribution is -2.20. The molecule has 0 saturated carbocycles. The third-order valence-corrected chi connectivity index (χ3v) is 13.5. The van der Waals surface area contributed by atoms with Crippen LogP contribution in [0.4, 0.5) is 0 Å². The quantitative estimate of drug-likeness (QED) is 0.0848. The Hall–Kier alpha value is -4.38. The minimum atomic E-state index is 0.181. The van der Waals surface area contributed by atoms with Gasteiger partial charge in [0, 0.05) is 68.1 Å². The first-order valence-corrected chi connectivity index (χ1v) is 35.5. The first-order chi connectivity index (χ1) is 51.1. The molecule has 0 amide bonds. The maximum atomic E-state index is 6.48. The molecule has 0 spiro atoms. The van der Waals surface area contributed by atoms with E-state index in [0.717, 1.165) is 11.1 Å². The highest BCUT2D eigenvalue weighted by Crippen LogP contribution is 2.41. The average Bonchev–Trinajstić information content (AvgIpc) is 1.82. The summed E-state index contributed by atoms with van der Waals surface area (Å²) < 4.78 is 171. The predicted molar refractivity (Wildman–Crippen MR) is 375 cm³/mol. The summed E-state index contributed by atoms with van der Waals surface area (Å²) in [7, 11) is 9.80. The Morgan fingerprint density at radius 3 is 0.505 bits per heavy atom. The third-order valence-electron chi connectivity index (χ3n) is 13.5. The maximum absolute atomic E-state index is 6.48. The molecular weight excluding hydrogens is 1360 g/mol. The number of ether oxygens (including phenoxy) is 30. The van der Waals surface area contributed by atoms with Gasteiger partial charge in [0.25, 0.3) is 0 Å². The molecule has 0 fully saturated rings. The normalized spacial score (nSPS) is 12.2. The summed E-state index contributed by atoms with van der Waals surface area (Å²) in [5.41, 5.74) is 1.66. The van der Waals surface area contributed by atoms with E-state index in [-0.39, 0.29) is 79.3 Å². The van der Waals surface area contributed by atoms with Crippen LogP contribution in [0.15, 0.2) is 36.7 Å². The Labute approximate surface area is 611 Å². The average molecular weight is 1490 g/mol. The number of hydrogen-bond donors (Lipinski definition) is 0. The van der Waals surface area contributed by atoms with Gasteiger partial charge in [-0.25, -0.2) is 0 Å². The number of rotatable bonds is 82. The van der Waals surface area contributed by atoms with Crippen LogP contribution < -0.4 is 28.4 Å². The number of methoxy groups -OCH3 is 6. The molecule has 0 saturated heterocycles. The first kappa shape index (κ1) is 92.8. The molecule has 0 N–H and O–H groups in total. The van der Waals surface area contributed by atoms with Gasteiger partial charge in [-0.1, -0.05) is 0 Å². The summed E-state index contributed by atoms with van der Waals surface area (Å²) in [6, 6.07) is 7.69. The Morgan fingerprint density at radius 1 is 0.194 bits per heavy atom. The van der Waals surface area contributed by atoms with E-state index in [4.69, 9.17) is 142 Å². The SMILES string of the molecule is COCCOCCOCCOCCOc1cc(CN2[C]N(Cc3cc(OCCOCCOCCOCCOC)c(OCCOCCOCCOCCOC)c(OCCOCCOCCOCCOC)c3)C=C2)cc(OCCOCCOCCOCCOC)c1OCCOCCOCCOCCOC. The molecule has 1 aliphatic rings. The lowest BCUT2D eigenvalue weighted by molar-refractivity contribution is -0.00161. The van der Waals surface area contributed by atoms with Crippen molar-refractivity contribution in [1.29, 1.82) is 0 Å². The van der Waals surface area contributed by atoms with Crippen LogP contribution in [-0.4, -0.2) is 370 Å². The second-order valence-corrected chi connectivity index (χ2v) is 21.6. The standard InChI is InChI=1S/C71H124N2O30/c1-74-9-15-80-21-27-86-33-39-92-45-51-98-66-57-64(58-67(99-52-46-93-40-34-87-28-22-81-16-10-75-2)70(66)102-55-49-96-43-37-90-31-25-84-19-13-78-5)61-72-7-8-73(63-72)62-65-59-68(100-53-47-94-41-35-88-29-23-82-17-11-76-3)71(103-56-50-97-44-38-91-32-26-85-20-14-79-6)69(60-65)101-54-48-95-42-36-89-30-24-83-18-12-77-4/h7-8,57-60H,9-56,61-62H2,1-6H3. The van der Waals surface area contributed by atoms with Crippen LogP contribution in [0, 0.1) is 6.67 Å². The predicted octanol–water partition coefficient (Wildman–Crippen LogP) is 3.92. The summed E-state index contributed by atoms with van der Waals surface area (Å²) in [4.78, 5) is 3.86. The van der Waals surface area contributed by atoms with Crippen LogP contribution in [0.2, 0.25) is 0 Å². The van der Waals surface area contributed by atoms with Crippen LogP contribution in [0.25, 0.3) is 0 Å². The van der Waals surface area contributed by atoms with Crippen molar-refractivity contribution in [3.8, 4) is 34.5 Å². The largest absolute Gasteiger partial charge is 0.487 e. The lowest BCUT2D eigenvalue weighted by atomic mass is 10.1. The third kappa shape index (κ3) is 54.0. The fourth-order valence-corrected chi connectivity index (χ4v) is 8.47. The molecule has 0 bridgehead atoms. The van der Waals surface area contributed by atoms with Crippen LogP contribution in [0.1, 0.15) is 11.1 Å². The van der Waals surface area contributed by atoms with Crippen molar-refractivity contribution in [2.24, 2.45) is 0 Å². The monoisotopic (exact) mass is 1480 g/mol. The van der Waals surface area contributed by atoms with E-state index in [9.17, 15) is 0 Å². The molecule has 32 nitrogen and oxygen atoms in total. The van der Waals surface area contributed by atoms with Gasteiger partial charge in [-0.2, -0.15) is 0 Å². The first-order valence-electron chi connectivity index (χ1n) is 35.5. The van der Waals surface area contributed by atoms with E-state index in [1.165, 1.54) is 0 Å². The van der Waals surface area contributed by atoms with Crippen LogP contribution in [0.5, 0.6) is 34.5 Å². The van der Waals surface area contributed by atoms with Crippen molar-refractivity contribution < 1.29 is 142 Å². The van der Waals surface area contributed by atoms with Crippen LogP contribution in [-0.2, 0) is 127 Å². The van der Waals surface area contributed by atoms with Gasteiger partial charge >= 0.3 is 0 Å². The van der Waals surface area contributed by atoms with E-state index in [1.807, 2.05) is 46.5 Å². The van der Waals surface area contributed by atoms with Gasteiger partial charge in [-0.15, -0.1) is 0 Å². The number of hydrogen-bond acceptors (Lipinski definition) is 32. The van der Waals surface area contributed by atoms with Crippen molar-refractivity contribution in [3.63, 3.8) is 0 Å². The van der Waals surface area contributed by atoms with Gasteiger partial charge in [-0.05, 0) is 35.4 Å². The Balaban J connectivity index is 1.85. The summed E-state index contributed by atoms with van der Waals surface area (Å²) >= 11 is 0. The second-order valence-electron chi connectivity index (χ2n) is 21.6. The van der Waals surface area contributed by atoms with Gasteiger partial charge in [0.15, 0.2) is 23.0 Å². The van der Waals surface area contributed by atoms with E-state index >= 15 is 0 Å². The minimum absolute atomic E-state index is 0.181. The summed E-state index contributed by atoms with van der Waals surface area (Å²) in [5, 5.41) is 0. The van der Waals surface area contributed by atoms with Gasteiger partial charge < -0.3 is 152 Å². The highest BCUT2D eigenvalue weighted by molar-refractivity contribution is 5.55. The molecule has 2 aromatic rings. The molecule has 2 radical (unpaired) electrons. The zero-order valence-electron chi connectivity index (χ0n) is 62.5. The molecule has 598 valence electrons. The Bertz CT molecular complexity index is 1940. The van der Waals surface area contributed by atoms with Crippen molar-refractivity contribution in [2.75, 3.05) is 360 Å². The highest BCUT2D eigenvalue weighted by atomic mass is 16.6. The Morgan fingerprint density at radius 2 is 0.340 bits per heavy atom. The molecule has 0 aromatic heterocycles. The molecule has 3 rings (SSSR count). The fourth-order valence-electron chi connectivity index (χ4n) is 8.47. The highest BCUT2D eigenvalue weighted by Gasteiger charge is 2.23. The van der Waals surface area contributed by atoms with E-state index in [0.29, 0.717) is 285 Å². The van der Waals surface area contributed by atoms with E-state index in [1.54, 1.807) is 42.7 Å². The van der Waals surface area contributed by atoms with Crippen LogP contribution in [0.3, 0.4) is 0 Å². The van der Waals surface area contributed by atoms with Gasteiger partial charge in [0.05, 0.1) is 277 Å². The molecule has 0 unspecified atom stereocenters. The number of benzene rings is 2. The molecule has 0 atom stereocenters. The summed E-state index contributed by atoms with van der Waals surface area (Å²) in [5.74, 6) is 2.54. The zero-order chi connectivity index (χ0) is 73.3. The number of nitrogens with zero attached hydrogens (tertiary/aromatic N) is 2. The zero-order valence-corrected chi connectivity index (χ0v) is 62.5. The minimum Gasteiger partial charge on any atom is -0.487 e. The molecule has 32 heteroatoms.